The number of aliphatic carboxylic acids is 1. The van der Waals surface area contributed by atoms with Gasteiger partial charge in [0.05, 0.1) is 6.61 Å². The number of aromatic nitrogens is 1. The number of nitrogens with zero attached hydrogens (tertiary/aromatic N) is 1. The Hall–Kier alpha value is -1.60. The Labute approximate surface area is 124 Å². The van der Waals surface area contributed by atoms with Gasteiger partial charge in [0.2, 0.25) is 0 Å². The molecule has 1 atom stereocenters. The highest BCUT2D eigenvalue weighted by atomic mass is 16.7. The molecule has 1 aromatic rings. The lowest BCUT2D eigenvalue weighted by molar-refractivity contribution is -0.140. The molecule has 1 N–H and O–H groups in total. The normalized spacial score (nSPS) is 12.9. The number of carboxylic acids is 1. The van der Waals surface area contributed by atoms with Crippen LogP contribution in [-0.4, -0.2) is 43.3 Å². The molecule has 7 heteroatoms. The molecule has 0 spiro atoms. The van der Waals surface area contributed by atoms with Crippen molar-refractivity contribution in [2.75, 3.05) is 20.8 Å². The Kier molecular flexibility index (Phi) is 7.18. The van der Waals surface area contributed by atoms with E-state index in [0.717, 1.165) is 6.42 Å². The molecule has 1 unspecified atom stereocenters. The summed E-state index contributed by atoms with van der Waals surface area (Å²) in [6.07, 6.45) is 1.17. The van der Waals surface area contributed by atoms with Gasteiger partial charge in [0.25, 0.3) is 5.88 Å². The van der Waals surface area contributed by atoms with E-state index in [9.17, 15) is 9.90 Å². The smallest absolute Gasteiger partial charge is 0.314 e. The maximum absolute atomic E-state index is 11.2. The van der Waals surface area contributed by atoms with Gasteiger partial charge in [-0.05, 0) is 17.5 Å². The van der Waals surface area contributed by atoms with E-state index >= 15 is 0 Å². The lowest BCUT2D eigenvalue weighted by atomic mass is 9.94. The van der Waals surface area contributed by atoms with E-state index in [0.29, 0.717) is 24.7 Å². The van der Waals surface area contributed by atoms with Gasteiger partial charge in [-0.25, -0.2) is 0 Å². The van der Waals surface area contributed by atoms with Gasteiger partial charge in [-0.15, -0.1) is 0 Å². The summed E-state index contributed by atoms with van der Waals surface area (Å²) >= 11 is 0. The standard InChI is InChI=1S/C14H23NO6/c1-9(2)13(14(16)17)10-8-11(15-21-10)20-7-5-6-12(18-3)19-4/h8-9,12-13H,5-7H2,1-4H3,(H,16,17). The van der Waals surface area contributed by atoms with Crippen LogP contribution in [0.4, 0.5) is 0 Å². The SMILES string of the molecule is COC(CCCOc1cc(C(C(=O)O)C(C)C)on1)OC. The van der Waals surface area contributed by atoms with Crippen LogP contribution in [0.2, 0.25) is 0 Å². The first-order chi connectivity index (χ1) is 9.99. The van der Waals surface area contributed by atoms with Crippen LogP contribution in [0.15, 0.2) is 10.6 Å². The van der Waals surface area contributed by atoms with E-state index in [2.05, 4.69) is 5.16 Å². The quantitative estimate of drug-likeness (QED) is 0.523. The minimum atomic E-state index is -0.935. The lowest BCUT2D eigenvalue weighted by Crippen LogP contribution is -2.16. The molecular weight excluding hydrogens is 278 g/mol. The molecule has 0 bridgehead atoms. The zero-order valence-corrected chi connectivity index (χ0v) is 12.9. The predicted molar refractivity (Wildman–Crippen MR) is 74.3 cm³/mol. The van der Waals surface area contributed by atoms with Gasteiger partial charge in [0, 0.05) is 26.7 Å². The van der Waals surface area contributed by atoms with Gasteiger partial charge in [-0.1, -0.05) is 13.8 Å². The topological polar surface area (TPSA) is 91.0 Å². The summed E-state index contributed by atoms with van der Waals surface area (Å²) in [4.78, 5) is 11.2. The highest BCUT2D eigenvalue weighted by Crippen LogP contribution is 2.27. The van der Waals surface area contributed by atoms with Crippen LogP contribution in [-0.2, 0) is 14.3 Å². The molecule has 1 rings (SSSR count). The molecule has 0 aliphatic carbocycles. The van der Waals surface area contributed by atoms with Gasteiger partial charge < -0.3 is 23.8 Å². The largest absolute Gasteiger partial charge is 0.481 e. The monoisotopic (exact) mass is 301 g/mol. The Bertz CT molecular complexity index is 427. The number of methoxy groups -OCH3 is 2. The van der Waals surface area contributed by atoms with Crippen LogP contribution >= 0.6 is 0 Å². The second-order valence-electron chi connectivity index (χ2n) is 5.02. The van der Waals surface area contributed by atoms with Gasteiger partial charge in [-0.2, -0.15) is 0 Å². The maximum Gasteiger partial charge on any atom is 0.314 e. The summed E-state index contributed by atoms with van der Waals surface area (Å²) in [6, 6.07) is 1.53. The average molecular weight is 301 g/mol. The molecule has 0 saturated heterocycles. The van der Waals surface area contributed by atoms with E-state index < -0.39 is 11.9 Å². The first-order valence-corrected chi connectivity index (χ1v) is 6.87. The van der Waals surface area contributed by atoms with Crippen molar-refractivity contribution in [3.05, 3.63) is 11.8 Å². The minimum Gasteiger partial charge on any atom is -0.481 e. The predicted octanol–water partition coefficient (Wildman–Crippen LogP) is 2.28. The number of carboxylic acid groups (broad SMARTS) is 1. The van der Waals surface area contributed by atoms with E-state index in [1.165, 1.54) is 6.07 Å². The molecule has 0 saturated carbocycles. The summed E-state index contributed by atoms with van der Waals surface area (Å²) in [7, 11) is 3.16. The first kappa shape index (κ1) is 17.5. The highest BCUT2D eigenvalue weighted by molar-refractivity contribution is 5.75. The molecule has 0 aliphatic heterocycles. The highest BCUT2D eigenvalue weighted by Gasteiger charge is 2.28. The second-order valence-corrected chi connectivity index (χ2v) is 5.02. The Morgan fingerprint density at radius 3 is 2.57 bits per heavy atom. The molecular formula is C14H23NO6. The fourth-order valence-electron chi connectivity index (χ4n) is 1.98. The van der Waals surface area contributed by atoms with Crippen LogP contribution in [0.25, 0.3) is 0 Å². The zero-order chi connectivity index (χ0) is 15.8. The summed E-state index contributed by atoms with van der Waals surface area (Å²) in [5, 5.41) is 12.9. The summed E-state index contributed by atoms with van der Waals surface area (Å²) < 4.78 is 20.6. The lowest BCUT2D eigenvalue weighted by Gasteiger charge is -2.12. The van der Waals surface area contributed by atoms with Crippen molar-refractivity contribution in [2.24, 2.45) is 5.92 Å². The molecule has 1 aromatic heterocycles. The van der Waals surface area contributed by atoms with Crippen LogP contribution < -0.4 is 4.74 Å². The number of ether oxygens (including phenoxy) is 3. The number of carbonyl (C=O) groups is 1. The van der Waals surface area contributed by atoms with Gasteiger partial charge >= 0.3 is 5.97 Å². The van der Waals surface area contributed by atoms with E-state index in [4.69, 9.17) is 18.7 Å². The molecule has 0 aromatic carbocycles. The summed E-state index contributed by atoms with van der Waals surface area (Å²) in [5.41, 5.74) is 0. The third kappa shape index (κ3) is 5.35. The van der Waals surface area contributed by atoms with Crippen molar-refractivity contribution in [1.29, 1.82) is 0 Å². The van der Waals surface area contributed by atoms with Gasteiger partial charge in [0.15, 0.2) is 12.1 Å². The van der Waals surface area contributed by atoms with Gasteiger partial charge in [-0.3, -0.25) is 4.79 Å². The molecule has 120 valence electrons. The zero-order valence-electron chi connectivity index (χ0n) is 12.9. The molecule has 0 aliphatic rings. The van der Waals surface area contributed by atoms with E-state index in [1.807, 2.05) is 13.8 Å². The molecule has 0 amide bonds. The number of hydrogen-bond donors (Lipinski definition) is 1. The summed E-state index contributed by atoms with van der Waals surface area (Å²) in [6.45, 7) is 4.06. The van der Waals surface area contributed by atoms with E-state index in [-0.39, 0.29) is 12.2 Å². The van der Waals surface area contributed by atoms with Crippen molar-refractivity contribution in [3.8, 4) is 5.88 Å². The second kappa shape index (κ2) is 8.63. The van der Waals surface area contributed by atoms with Gasteiger partial charge in [0.1, 0.15) is 5.92 Å². The fourth-order valence-corrected chi connectivity index (χ4v) is 1.98. The molecule has 7 nitrogen and oxygen atoms in total. The molecule has 0 radical (unpaired) electrons. The number of hydrogen-bond acceptors (Lipinski definition) is 6. The third-order valence-corrected chi connectivity index (χ3v) is 3.11. The summed E-state index contributed by atoms with van der Waals surface area (Å²) in [5.74, 6) is -1.15. The van der Waals surface area contributed by atoms with Crippen molar-refractivity contribution >= 4 is 5.97 Å². The van der Waals surface area contributed by atoms with Crippen LogP contribution in [0, 0.1) is 5.92 Å². The Morgan fingerprint density at radius 1 is 1.38 bits per heavy atom. The Morgan fingerprint density at radius 2 is 2.05 bits per heavy atom. The average Bonchev–Trinajstić information content (AvgIpc) is 2.86. The third-order valence-electron chi connectivity index (χ3n) is 3.11. The van der Waals surface area contributed by atoms with Crippen molar-refractivity contribution in [3.63, 3.8) is 0 Å². The van der Waals surface area contributed by atoms with Crippen LogP contribution in [0.1, 0.15) is 38.4 Å². The van der Waals surface area contributed by atoms with Crippen molar-refractivity contribution < 1.29 is 28.6 Å². The van der Waals surface area contributed by atoms with E-state index in [1.54, 1.807) is 14.2 Å². The number of rotatable bonds is 10. The minimum absolute atomic E-state index is 0.0903. The molecule has 0 fully saturated rings. The van der Waals surface area contributed by atoms with Crippen molar-refractivity contribution in [1.82, 2.24) is 5.16 Å². The Balaban J connectivity index is 2.46. The first-order valence-electron chi connectivity index (χ1n) is 6.87. The van der Waals surface area contributed by atoms with Crippen molar-refractivity contribution in [2.45, 2.75) is 38.9 Å². The van der Waals surface area contributed by atoms with Crippen LogP contribution in [0.3, 0.4) is 0 Å². The molecule has 1 heterocycles. The van der Waals surface area contributed by atoms with Crippen LogP contribution in [0.5, 0.6) is 5.88 Å². The molecule has 21 heavy (non-hydrogen) atoms. The maximum atomic E-state index is 11.2. The fraction of sp³-hybridized carbons (Fsp3) is 0.714.